The highest BCUT2D eigenvalue weighted by atomic mass is 16.4. The second-order valence-corrected chi connectivity index (χ2v) is 38.4. The quantitative estimate of drug-likeness (QED) is 0.0228. The first-order valence-corrected chi connectivity index (χ1v) is 49.7. The van der Waals surface area contributed by atoms with Crippen LogP contribution < -0.4 is 120 Å². The molecule has 32 N–H and O–H groups in total. The Labute approximate surface area is 828 Å². The maximum atomic E-state index is 14.8. The number of fused-ring (bicyclic) bond motifs is 1. The minimum Gasteiger partial charge on any atom is -0.480 e. The maximum Gasteiger partial charge on any atom is 0.326 e. The number of primary amides is 3. The standard InChI is InChI=1S/C96H166N24O21/c1-16-19-20-21-22-23-24-25-26-27-34-62(98)82(127)113-69(46-52(4)5)89(134)111-68(40-43-75(101)124)87(132)115-71(48-54(8)9)91(136)120-80(59(15)121)94(139)118-77(55(10)11)92(137)116-72(49-60-50-105-63-35-29-28-33-61(60)63)83(128)106-51-76(125)117-78(56(12)17-2)93(138)112-64(36-30-31-44-97)85(130)109-67(39-42-74(100)123)86(131)114-70(47-53(6)7)90(135)110-66(38-41-73(99)122)84(129)107-58(14)81(126)108-65(37-32-45-104-96(102)103)88(133)119-79(95(140)141)57(13)18-3/h28-29,33,35,50,52-59,62,64-72,77-80,105,121H,16-27,30-32,34,36-49,51,97-98H2,1-15H3,(H2,99,122)(H2,100,123)(H2,101,124)(H,106,128)(H,107,129)(H,108,126)(H,109,130)(H,110,135)(H,111,134)(H,112,138)(H,113,127)(H,114,131)(H,115,132)(H,116,137)(H,117,125)(H,118,139)(H,119,133)(H,120,136)(H,140,141)(H4,102,103,104)/t56-,57-,58-,59+,62-,64-,65-,66-,67-,68-,69-,70-,71-,72-,77-,78-,79-,80-/m0/s1. The topological polar surface area (TPSA) is 756 Å². The van der Waals surface area contributed by atoms with Crippen molar-refractivity contribution in [3.8, 4) is 0 Å². The maximum absolute atomic E-state index is 14.8. The molecule has 1 heterocycles. The highest BCUT2D eigenvalue weighted by Crippen LogP contribution is 2.23. The van der Waals surface area contributed by atoms with E-state index in [-0.39, 0.29) is 101 Å². The monoisotopic (exact) mass is 1990 g/mol. The summed E-state index contributed by atoms with van der Waals surface area (Å²) >= 11 is 0. The van der Waals surface area contributed by atoms with Crippen LogP contribution >= 0.6 is 0 Å². The SMILES string of the molecule is CCCCCCCCCCCC[C@H](N)C(=O)N[C@@H](CC(C)C)C(=O)N[C@@H](CCC(N)=O)C(=O)N[C@@H](CC(C)C)C(=O)N[C@H](C(=O)N[C@H](C(=O)N[C@@H](Cc1c[nH]c2ccccc12)C(=O)NCC(=O)N[C@H](C(=O)N[C@@H](CCCCN)C(=O)N[C@@H](CCC(N)=O)C(=O)N[C@@H](CC(C)C)C(=O)N[C@@H](CCC(N)=O)C(=O)N[C@@H](C)C(=O)N[C@@H](CCCN=C(N)N)C(=O)N[C@H](C(=O)O)[C@@H](C)CC)[C@@H](C)CC)C(C)C)[C@@H](C)O. The van der Waals surface area contributed by atoms with Gasteiger partial charge in [-0.1, -0.05) is 185 Å². The molecule has 0 saturated heterocycles. The Bertz CT molecular complexity index is 4410. The van der Waals surface area contributed by atoms with Crippen molar-refractivity contribution in [2.75, 3.05) is 19.6 Å². The zero-order chi connectivity index (χ0) is 106. The Morgan fingerprint density at radius 1 is 0.376 bits per heavy atom. The molecule has 45 nitrogen and oxygen atoms in total. The molecular weight excluding hydrogens is 1830 g/mol. The fourth-order valence-electron chi connectivity index (χ4n) is 15.5. The second-order valence-electron chi connectivity index (χ2n) is 38.4. The van der Waals surface area contributed by atoms with E-state index in [1.165, 1.54) is 46.0 Å². The van der Waals surface area contributed by atoms with Gasteiger partial charge in [0, 0.05) is 49.3 Å². The molecule has 796 valence electrons. The van der Waals surface area contributed by atoms with Crippen molar-refractivity contribution >= 4 is 129 Å². The van der Waals surface area contributed by atoms with Crippen LogP contribution in [0.3, 0.4) is 0 Å². The van der Waals surface area contributed by atoms with Gasteiger partial charge in [0.2, 0.25) is 106 Å². The first kappa shape index (κ1) is 125. The molecule has 0 saturated carbocycles. The number of nitrogens with zero attached hydrogens (tertiary/aromatic N) is 1. The van der Waals surface area contributed by atoms with Gasteiger partial charge in [0.25, 0.3) is 0 Å². The van der Waals surface area contributed by atoms with Gasteiger partial charge in [0.15, 0.2) is 5.96 Å². The largest absolute Gasteiger partial charge is 0.480 e. The van der Waals surface area contributed by atoms with E-state index in [1.807, 2.05) is 13.8 Å². The van der Waals surface area contributed by atoms with Gasteiger partial charge in [-0.15, -0.1) is 0 Å². The van der Waals surface area contributed by atoms with Gasteiger partial charge >= 0.3 is 5.97 Å². The van der Waals surface area contributed by atoms with Gasteiger partial charge < -0.3 is 135 Å². The third-order valence-corrected chi connectivity index (χ3v) is 24.1. The molecule has 0 fully saturated rings. The van der Waals surface area contributed by atoms with Crippen molar-refractivity contribution in [1.29, 1.82) is 0 Å². The normalized spacial score (nSPS) is 15.2. The third-order valence-electron chi connectivity index (χ3n) is 24.1. The number of carboxylic acids is 1. The number of aromatic amines is 1. The van der Waals surface area contributed by atoms with Gasteiger partial charge in [-0.3, -0.25) is 91.3 Å². The van der Waals surface area contributed by atoms with Gasteiger partial charge in [0.05, 0.1) is 18.7 Å². The molecule has 1 aromatic carbocycles. The Kier molecular flexibility index (Phi) is 58.9. The molecule has 0 unspecified atom stereocenters. The lowest BCUT2D eigenvalue weighted by Crippen LogP contribution is -2.62. The number of H-pyrrole nitrogens is 1. The summed E-state index contributed by atoms with van der Waals surface area (Å²) in [6.07, 6.45) is 9.21. The van der Waals surface area contributed by atoms with Gasteiger partial charge in [-0.05, 0) is 145 Å². The molecule has 45 heteroatoms. The van der Waals surface area contributed by atoms with Crippen LogP contribution in [0.5, 0.6) is 0 Å². The minimum atomic E-state index is -1.82. The van der Waals surface area contributed by atoms with Crippen LogP contribution in [0.1, 0.15) is 283 Å². The molecule has 18 atom stereocenters. The highest BCUT2D eigenvalue weighted by molar-refractivity contribution is 6.01. The van der Waals surface area contributed by atoms with E-state index >= 15 is 0 Å². The summed E-state index contributed by atoms with van der Waals surface area (Å²) in [6, 6.07) is -14.9. The van der Waals surface area contributed by atoms with Gasteiger partial charge in [-0.2, -0.15) is 0 Å². The number of rotatable bonds is 73. The predicted molar refractivity (Wildman–Crippen MR) is 532 cm³/mol. The van der Waals surface area contributed by atoms with Crippen LogP contribution in [-0.4, -0.2) is 250 Å². The number of carbonyl (C=O) groups is 19. The van der Waals surface area contributed by atoms with Crippen molar-refractivity contribution in [3.05, 3.63) is 36.0 Å². The molecule has 2 aromatic rings. The van der Waals surface area contributed by atoms with Gasteiger partial charge in [-0.25, -0.2) is 4.79 Å². The van der Waals surface area contributed by atoms with E-state index < -0.39 is 265 Å². The number of aromatic nitrogens is 1. The summed E-state index contributed by atoms with van der Waals surface area (Å²) in [5, 5.41) is 60.5. The molecular formula is C96H166N24O21. The molecule has 0 spiro atoms. The van der Waals surface area contributed by atoms with Crippen molar-refractivity contribution in [1.82, 2.24) is 84.7 Å². The molecule has 2 rings (SSSR count). The summed E-state index contributed by atoms with van der Waals surface area (Å²) in [6.45, 7) is 24.2. The van der Waals surface area contributed by atoms with Crippen molar-refractivity contribution in [3.63, 3.8) is 0 Å². The number of aliphatic imine (C=N–C) groups is 1. The zero-order valence-corrected chi connectivity index (χ0v) is 85.1. The average molecular weight is 1990 g/mol. The number of guanidine groups is 1. The first-order chi connectivity index (χ1) is 66.4. The minimum absolute atomic E-state index is 0.0197. The third kappa shape index (κ3) is 48.7. The molecule has 141 heavy (non-hydrogen) atoms. The lowest BCUT2D eigenvalue weighted by atomic mass is 9.97. The van der Waals surface area contributed by atoms with E-state index in [4.69, 9.17) is 40.1 Å². The number of aliphatic carboxylic acids is 1. The number of hydrogen-bond acceptors (Lipinski definition) is 23. The summed E-state index contributed by atoms with van der Waals surface area (Å²) in [5.41, 5.74) is 40.9. The Morgan fingerprint density at radius 3 is 1.19 bits per heavy atom. The Hall–Kier alpha value is -12.2. The fraction of sp³-hybridized carbons (Fsp3) is 0.708. The van der Waals surface area contributed by atoms with E-state index in [9.17, 15) is 101 Å². The number of aliphatic hydroxyl groups is 1. The summed E-state index contributed by atoms with van der Waals surface area (Å²) in [5.74, 6) is -21.0. The van der Waals surface area contributed by atoms with Crippen molar-refractivity contribution in [2.45, 2.75) is 380 Å². The van der Waals surface area contributed by atoms with Crippen LogP contribution in [0.15, 0.2) is 35.5 Å². The van der Waals surface area contributed by atoms with Crippen molar-refractivity contribution < 1.29 is 101 Å². The number of hydrogen-bond donors (Lipinski definition) is 25. The van der Waals surface area contributed by atoms with E-state index in [0.717, 1.165) is 25.7 Å². The molecule has 18 amide bonds. The zero-order valence-electron chi connectivity index (χ0n) is 85.1. The van der Waals surface area contributed by atoms with Crippen molar-refractivity contribution in [2.24, 2.45) is 80.6 Å². The number of para-hydroxylation sites is 1. The number of amides is 18. The molecule has 1 aromatic heterocycles. The number of carbonyl (C=O) groups excluding carboxylic acids is 18. The second kappa shape index (κ2) is 66.5. The highest BCUT2D eigenvalue weighted by Gasteiger charge is 2.41. The Morgan fingerprint density at radius 2 is 0.745 bits per heavy atom. The summed E-state index contributed by atoms with van der Waals surface area (Å²) in [7, 11) is 0. The Balaban J connectivity index is 2.51. The van der Waals surface area contributed by atoms with E-state index in [1.54, 1.807) is 99.7 Å². The number of nitrogens with two attached hydrogens (primary N) is 7. The number of unbranched alkanes of at least 4 members (excludes halogenated alkanes) is 10. The fourth-order valence-corrected chi connectivity index (χ4v) is 15.5. The lowest BCUT2D eigenvalue weighted by molar-refractivity contribution is -0.144. The summed E-state index contributed by atoms with van der Waals surface area (Å²) < 4.78 is 0. The van der Waals surface area contributed by atoms with Crippen LogP contribution in [0.4, 0.5) is 0 Å². The molecule has 0 bridgehead atoms. The molecule has 0 aliphatic heterocycles. The molecule has 0 aliphatic carbocycles. The number of aliphatic hydroxyl groups excluding tert-OH is 1. The van der Waals surface area contributed by atoms with Crippen LogP contribution in [0.2, 0.25) is 0 Å². The lowest BCUT2D eigenvalue weighted by Gasteiger charge is -2.30. The molecule has 0 radical (unpaired) electrons. The number of carboxylic acid groups (broad SMARTS) is 1. The predicted octanol–water partition coefficient (Wildman–Crippen LogP) is -0.397. The smallest absolute Gasteiger partial charge is 0.326 e. The van der Waals surface area contributed by atoms with E-state index in [0.29, 0.717) is 42.1 Å². The molecule has 0 aliphatic rings. The van der Waals surface area contributed by atoms with Crippen LogP contribution in [0, 0.1) is 35.5 Å². The average Bonchev–Trinajstić information content (AvgIpc) is 1.69. The first-order valence-electron chi connectivity index (χ1n) is 49.7. The van der Waals surface area contributed by atoms with Crippen LogP contribution in [-0.2, 0) is 97.5 Å². The van der Waals surface area contributed by atoms with Gasteiger partial charge in [0.1, 0.15) is 84.6 Å². The summed E-state index contributed by atoms with van der Waals surface area (Å²) in [4.78, 5) is 271. The van der Waals surface area contributed by atoms with Crippen LogP contribution in [0.25, 0.3) is 10.9 Å². The number of nitrogens with one attached hydrogen (secondary N) is 16. The van der Waals surface area contributed by atoms with E-state index in [2.05, 4.69) is 96.7 Å². The number of benzene rings is 1.